The fourth-order valence-corrected chi connectivity index (χ4v) is 1.70. The number of carbonyl (C=O) groups is 1. The van der Waals surface area contributed by atoms with Crippen molar-refractivity contribution in [2.45, 2.75) is 0 Å². The minimum atomic E-state index is -0.537. The van der Waals surface area contributed by atoms with E-state index in [4.69, 9.17) is 16.8 Å². The molecule has 2 rings (SSSR count). The maximum Gasteiger partial charge on any atom is 0.215 e. The number of pyridine rings is 1. The largest absolute Gasteiger partial charge is 0.410 e. The standard InChI is InChI=1S/C13H8ClFN2O2/c14-11-7-9(5-6-16-11)12(17-19)13(18)8-1-3-10(15)4-2-8/h1-7,19H/b17-12+. The highest BCUT2D eigenvalue weighted by Crippen LogP contribution is 2.12. The quantitative estimate of drug-likeness (QED) is 0.309. The van der Waals surface area contributed by atoms with Gasteiger partial charge in [-0.15, -0.1) is 0 Å². The van der Waals surface area contributed by atoms with Gasteiger partial charge in [0.1, 0.15) is 11.0 Å². The van der Waals surface area contributed by atoms with Gasteiger partial charge < -0.3 is 5.21 Å². The summed E-state index contributed by atoms with van der Waals surface area (Å²) in [6, 6.07) is 7.82. The lowest BCUT2D eigenvalue weighted by molar-refractivity contribution is 0.106. The average molecular weight is 279 g/mol. The van der Waals surface area contributed by atoms with E-state index in [-0.39, 0.29) is 16.4 Å². The molecular formula is C13H8ClFN2O2. The summed E-state index contributed by atoms with van der Waals surface area (Å²) in [6.07, 6.45) is 1.39. The van der Waals surface area contributed by atoms with Crippen LogP contribution in [0.4, 0.5) is 4.39 Å². The van der Waals surface area contributed by atoms with Crippen LogP contribution in [0, 0.1) is 5.82 Å². The van der Waals surface area contributed by atoms with Crippen molar-refractivity contribution >= 4 is 23.1 Å². The molecule has 0 aliphatic heterocycles. The molecule has 0 atom stereocenters. The third-order valence-corrected chi connectivity index (χ3v) is 2.63. The summed E-state index contributed by atoms with van der Waals surface area (Å²) in [5.41, 5.74) is 0.356. The summed E-state index contributed by atoms with van der Waals surface area (Å²) in [5.74, 6) is -0.990. The molecule has 19 heavy (non-hydrogen) atoms. The van der Waals surface area contributed by atoms with Gasteiger partial charge in [-0.3, -0.25) is 4.79 Å². The first kappa shape index (κ1) is 13.2. The van der Waals surface area contributed by atoms with Crippen molar-refractivity contribution in [1.82, 2.24) is 4.98 Å². The molecule has 1 aromatic heterocycles. The number of hydrogen-bond acceptors (Lipinski definition) is 4. The van der Waals surface area contributed by atoms with Gasteiger partial charge in [0.15, 0.2) is 5.71 Å². The summed E-state index contributed by atoms with van der Waals surface area (Å²) in [6.45, 7) is 0. The van der Waals surface area contributed by atoms with E-state index in [1.807, 2.05) is 0 Å². The summed E-state index contributed by atoms with van der Waals surface area (Å²) >= 11 is 5.71. The molecule has 1 heterocycles. The molecule has 96 valence electrons. The van der Waals surface area contributed by atoms with Gasteiger partial charge in [0, 0.05) is 17.3 Å². The van der Waals surface area contributed by atoms with E-state index in [1.165, 1.54) is 30.5 Å². The molecule has 0 aliphatic carbocycles. The first-order chi connectivity index (χ1) is 9.11. The first-order valence-electron chi connectivity index (χ1n) is 5.26. The van der Waals surface area contributed by atoms with Crippen molar-refractivity contribution in [3.8, 4) is 0 Å². The molecule has 0 aliphatic rings. The summed E-state index contributed by atoms with van der Waals surface area (Å²) in [7, 11) is 0. The maximum atomic E-state index is 12.8. The summed E-state index contributed by atoms with van der Waals surface area (Å²) < 4.78 is 12.8. The smallest absolute Gasteiger partial charge is 0.215 e. The van der Waals surface area contributed by atoms with Crippen LogP contribution in [-0.4, -0.2) is 21.7 Å². The van der Waals surface area contributed by atoms with Gasteiger partial charge in [-0.05, 0) is 36.4 Å². The van der Waals surface area contributed by atoms with Crippen LogP contribution in [0.1, 0.15) is 15.9 Å². The molecule has 0 amide bonds. The Morgan fingerprint density at radius 2 is 1.89 bits per heavy atom. The van der Waals surface area contributed by atoms with E-state index in [9.17, 15) is 9.18 Å². The monoisotopic (exact) mass is 278 g/mol. The second-order valence-electron chi connectivity index (χ2n) is 3.65. The lowest BCUT2D eigenvalue weighted by Crippen LogP contribution is -2.16. The summed E-state index contributed by atoms with van der Waals surface area (Å²) in [4.78, 5) is 15.9. The van der Waals surface area contributed by atoms with E-state index >= 15 is 0 Å². The number of oxime groups is 1. The Balaban J connectivity index is 2.38. The molecular weight excluding hydrogens is 271 g/mol. The molecule has 0 fully saturated rings. The zero-order valence-corrected chi connectivity index (χ0v) is 10.3. The predicted molar refractivity (Wildman–Crippen MR) is 68.3 cm³/mol. The molecule has 0 bridgehead atoms. The molecule has 0 saturated heterocycles. The number of nitrogens with zero attached hydrogens (tertiary/aromatic N) is 2. The van der Waals surface area contributed by atoms with E-state index in [0.29, 0.717) is 5.56 Å². The minimum absolute atomic E-state index is 0.172. The van der Waals surface area contributed by atoms with Crippen LogP contribution < -0.4 is 0 Å². The maximum absolute atomic E-state index is 12.8. The van der Waals surface area contributed by atoms with Gasteiger partial charge >= 0.3 is 0 Å². The van der Waals surface area contributed by atoms with Gasteiger partial charge in [0.25, 0.3) is 0 Å². The Morgan fingerprint density at radius 3 is 2.47 bits per heavy atom. The number of benzene rings is 1. The SMILES string of the molecule is O=C(/C(=N/O)c1ccnc(Cl)c1)c1ccc(F)cc1. The number of carbonyl (C=O) groups excluding carboxylic acids is 1. The van der Waals surface area contributed by atoms with Gasteiger partial charge in [0.05, 0.1) is 0 Å². The van der Waals surface area contributed by atoms with Crippen LogP contribution in [0.5, 0.6) is 0 Å². The van der Waals surface area contributed by atoms with Crippen molar-refractivity contribution < 1.29 is 14.4 Å². The van der Waals surface area contributed by atoms with Crippen molar-refractivity contribution in [1.29, 1.82) is 0 Å². The molecule has 1 N–H and O–H groups in total. The number of halogens is 2. The van der Waals surface area contributed by atoms with E-state index in [1.54, 1.807) is 0 Å². The van der Waals surface area contributed by atoms with Crippen molar-refractivity contribution in [2.75, 3.05) is 0 Å². The normalized spacial score (nSPS) is 11.4. The summed E-state index contributed by atoms with van der Waals surface area (Å²) in [5, 5.41) is 12.1. The first-order valence-corrected chi connectivity index (χ1v) is 5.64. The number of aromatic nitrogens is 1. The Labute approximate surface area is 113 Å². The average Bonchev–Trinajstić information content (AvgIpc) is 2.40. The van der Waals surface area contributed by atoms with Crippen LogP contribution in [0.15, 0.2) is 47.8 Å². The van der Waals surface area contributed by atoms with Gasteiger partial charge in [0.2, 0.25) is 5.78 Å². The molecule has 1 aromatic carbocycles. The zero-order chi connectivity index (χ0) is 13.8. The van der Waals surface area contributed by atoms with Crippen LogP contribution >= 0.6 is 11.6 Å². The number of rotatable bonds is 3. The number of ketones is 1. The van der Waals surface area contributed by atoms with E-state index < -0.39 is 11.6 Å². The van der Waals surface area contributed by atoms with E-state index in [2.05, 4.69) is 10.1 Å². The van der Waals surface area contributed by atoms with Crippen molar-refractivity contribution in [2.24, 2.45) is 5.16 Å². The van der Waals surface area contributed by atoms with Crippen LogP contribution in [0.25, 0.3) is 0 Å². The Hall–Kier alpha value is -2.27. The Bertz CT molecular complexity index is 641. The molecule has 0 radical (unpaired) electrons. The lowest BCUT2D eigenvalue weighted by atomic mass is 10.0. The second-order valence-corrected chi connectivity index (χ2v) is 4.04. The van der Waals surface area contributed by atoms with E-state index in [0.717, 1.165) is 12.1 Å². The molecule has 2 aromatic rings. The highest BCUT2D eigenvalue weighted by atomic mass is 35.5. The zero-order valence-electron chi connectivity index (χ0n) is 9.55. The highest BCUT2D eigenvalue weighted by molar-refractivity contribution is 6.51. The molecule has 4 nitrogen and oxygen atoms in total. The van der Waals surface area contributed by atoms with Crippen LogP contribution in [0.3, 0.4) is 0 Å². The van der Waals surface area contributed by atoms with Gasteiger partial charge in [-0.1, -0.05) is 16.8 Å². The second kappa shape index (κ2) is 5.58. The van der Waals surface area contributed by atoms with Crippen molar-refractivity contribution in [3.63, 3.8) is 0 Å². The third kappa shape index (κ3) is 2.95. The number of hydrogen-bond donors (Lipinski definition) is 1. The predicted octanol–water partition coefficient (Wildman–Crippen LogP) is 2.94. The minimum Gasteiger partial charge on any atom is -0.410 e. The molecule has 0 spiro atoms. The molecule has 6 heteroatoms. The molecule has 0 saturated carbocycles. The Morgan fingerprint density at radius 1 is 1.21 bits per heavy atom. The third-order valence-electron chi connectivity index (χ3n) is 2.42. The highest BCUT2D eigenvalue weighted by Gasteiger charge is 2.17. The molecule has 0 unspecified atom stereocenters. The lowest BCUT2D eigenvalue weighted by Gasteiger charge is -2.04. The van der Waals surface area contributed by atoms with Gasteiger partial charge in [-0.25, -0.2) is 9.37 Å². The topological polar surface area (TPSA) is 62.5 Å². The number of Topliss-reactive ketones (excluding diaryl/α,β-unsaturated/α-hetero) is 1. The Kier molecular flexibility index (Phi) is 3.87. The van der Waals surface area contributed by atoms with Crippen molar-refractivity contribution in [3.05, 3.63) is 64.7 Å². The van der Waals surface area contributed by atoms with Gasteiger partial charge in [-0.2, -0.15) is 0 Å². The van der Waals surface area contributed by atoms with Crippen LogP contribution in [0.2, 0.25) is 5.15 Å². The van der Waals surface area contributed by atoms with Crippen LogP contribution in [-0.2, 0) is 0 Å². The fourth-order valence-electron chi connectivity index (χ4n) is 1.52. The fraction of sp³-hybridized carbons (Fsp3) is 0.